The van der Waals surface area contributed by atoms with Crippen molar-refractivity contribution in [1.82, 2.24) is 9.55 Å². The van der Waals surface area contributed by atoms with Crippen LogP contribution in [0.4, 0.5) is 0 Å². The molecular formula is C14H16N2. The van der Waals surface area contributed by atoms with Crippen LogP contribution in [0, 0.1) is 5.92 Å². The van der Waals surface area contributed by atoms with Crippen molar-refractivity contribution in [2.24, 2.45) is 5.92 Å². The average Bonchev–Trinajstić information content (AvgIpc) is 2.73. The van der Waals surface area contributed by atoms with Crippen LogP contribution in [0.15, 0.2) is 36.5 Å². The number of imidazole rings is 1. The Morgan fingerprint density at radius 1 is 1.25 bits per heavy atom. The van der Waals surface area contributed by atoms with E-state index < -0.39 is 0 Å². The van der Waals surface area contributed by atoms with E-state index in [0.29, 0.717) is 0 Å². The van der Waals surface area contributed by atoms with Gasteiger partial charge in [-0.3, -0.25) is 0 Å². The molecule has 1 atom stereocenters. The van der Waals surface area contributed by atoms with Gasteiger partial charge < -0.3 is 4.57 Å². The van der Waals surface area contributed by atoms with Crippen LogP contribution in [0.1, 0.15) is 19.0 Å². The largest absolute Gasteiger partial charge is 0.328 e. The lowest BCUT2D eigenvalue weighted by Crippen LogP contribution is -2.18. The molecule has 0 fully saturated rings. The molecule has 2 heteroatoms. The van der Waals surface area contributed by atoms with Crippen molar-refractivity contribution in [3.05, 3.63) is 42.2 Å². The number of benzene rings is 1. The fraction of sp³-hybridized carbons (Fsp3) is 0.357. The molecule has 0 radical (unpaired) electrons. The highest BCUT2D eigenvalue weighted by Gasteiger charge is 2.18. The van der Waals surface area contributed by atoms with E-state index in [1.54, 1.807) is 0 Å². The van der Waals surface area contributed by atoms with E-state index in [1.165, 1.54) is 24.1 Å². The Kier molecular flexibility index (Phi) is 2.28. The lowest BCUT2D eigenvalue weighted by molar-refractivity contribution is 0.402. The number of fused-ring (bicyclic) bond motifs is 1. The van der Waals surface area contributed by atoms with E-state index in [0.717, 1.165) is 18.3 Å². The first-order valence-electron chi connectivity index (χ1n) is 5.94. The first-order chi connectivity index (χ1) is 7.84. The van der Waals surface area contributed by atoms with Gasteiger partial charge in [0.2, 0.25) is 0 Å². The molecular weight excluding hydrogens is 196 g/mol. The maximum atomic E-state index is 4.57. The monoisotopic (exact) mass is 212 g/mol. The summed E-state index contributed by atoms with van der Waals surface area (Å²) < 4.78 is 2.38. The molecule has 0 bridgehead atoms. The topological polar surface area (TPSA) is 17.8 Å². The quantitative estimate of drug-likeness (QED) is 0.710. The number of aryl methyl sites for hydroxylation is 1. The lowest BCUT2D eigenvalue weighted by Gasteiger charge is -2.22. The van der Waals surface area contributed by atoms with Gasteiger partial charge in [-0.05, 0) is 18.8 Å². The summed E-state index contributed by atoms with van der Waals surface area (Å²) in [5.41, 5.74) is 2.61. The van der Waals surface area contributed by atoms with Gasteiger partial charge in [-0.15, -0.1) is 0 Å². The molecule has 2 heterocycles. The molecule has 2 aromatic rings. The standard InChI is InChI=1S/C14H16N2/c1-11-7-8-13-9-15-14(16(13)10-11)12-5-3-2-4-6-12/h2-6,9,11H,7-8,10H2,1H3. The summed E-state index contributed by atoms with van der Waals surface area (Å²) in [6, 6.07) is 10.5. The van der Waals surface area contributed by atoms with Crippen molar-refractivity contribution in [3.8, 4) is 11.4 Å². The second kappa shape index (κ2) is 3.78. The fourth-order valence-corrected chi connectivity index (χ4v) is 2.43. The molecule has 1 aliphatic heterocycles. The highest BCUT2D eigenvalue weighted by atomic mass is 15.1. The third-order valence-electron chi connectivity index (χ3n) is 3.36. The average molecular weight is 212 g/mol. The molecule has 0 spiro atoms. The maximum absolute atomic E-state index is 4.57. The van der Waals surface area contributed by atoms with Crippen LogP contribution in [-0.2, 0) is 13.0 Å². The van der Waals surface area contributed by atoms with Crippen molar-refractivity contribution in [2.45, 2.75) is 26.3 Å². The predicted molar refractivity (Wildman–Crippen MR) is 65.1 cm³/mol. The number of hydrogen-bond donors (Lipinski definition) is 0. The molecule has 0 amide bonds. The summed E-state index contributed by atoms with van der Waals surface area (Å²) in [7, 11) is 0. The van der Waals surface area contributed by atoms with Crippen LogP contribution in [0.5, 0.6) is 0 Å². The second-order valence-electron chi connectivity index (χ2n) is 4.69. The minimum absolute atomic E-state index is 0.768. The molecule has 1 unspecified atom stereocenters. The van der Waals surface area contributed by atoms with Crippen LogP contribution in [0.25, 0.3) is 11.4 Å². The minimum atomic E-state index is 0.768. The zero-order valence-electron chi connectivity index (χ0n) is 9.56. The van der Waals surface area contributed by atoms with Crippen molar-refractivity contribution in [3.63, 3.8) is 0 Å². The highest BCUT2D eigenvalue weighted by molar-refractivity contribution is 5.56. The highest BCUT2D eigenvalue weighted by Crippen LogP contribution is 2.26. The van der Waals surface area contributed by atoms with Crippen LogP contribution in [0.3, 0.4) is 0 Å². The Hall–Kier alpha value is -1.57. The van der Waals surface area contributed by atoms with E-state index in [-0.39, 0.29) is 0 Å². The number of aromatic nitrogens is 2. The van der Waals surface area contributed by atoms with E-state index in [4.69, 9.17) is 0 Å². The first-order valence-corrected chi connectivity index (χ1v) is 5.94. The Labute approximate surface area is 95.9 Å². The maximum Gasteiger partial charge on any atom is 0.140 e. The summed E-state index contributed by atoms with van der Waals surface area (Å²) in [5, 5.41) is 0. The summed E-state index contributed by atoms with van der Waals surface area (Å²) in [6.07, 6.45) is 4.50. The Balaban J connectivity index is 2.07. The first kappa shape index (κ1) is 9.64. The molecule has 0 saturated heterocycles. The SMILES string of the molecule is CC1CCc2cnc(-c3ccccc3)n2C1. The van der Waals surface area contributed by atoms with E-state index in [9.17, 15) is 0 Å². The Bertz CT molecular complexity index is 485. The third kappa shape index (κ3) is 1.54. The summed E-state index contributed by atoms with van der Waals surface area (Å²) >= 11 is 0. The van der Waals surface area contributed by atoms with Crippen LogP contribution >= 0.6 is 0 Å². The Morgan fingerprint density at radius 3 is 2.88 bits per heavy atom. The molecule has 16 heavy (non-hydrogen) atoms. The Morgan fingerprint density at radius 2 is 2.06 bits per heavy atom. The van der Waals surface area contributed by atoms with Gasteiger partial charge in [-0.2, -0.15) is 0 Å². The van der Waals surface area contributed by atoms with Gasteiger partial charge in [0.15, 0.2) is 0 Å². The number of hydrogen-bond acceptors (Lipinski definition) is 1. The minimum Gasteiger partial charge on any atom is -0.328 e. The van der Waals surface area contributed by atoms with E-state index in [1.807, 2.05) is 12.3 Å². The summed E-state index contributed by atoms with van der Waals surface area (Å²) in [6.45, 7) is 3.43. The predicted octanol–water partition coefficient (Wildman–Crippen LogP) is 3.13. The molecule has 0 N–H and O–H groups in total. The molecule has 3 rings (SSSR count). The smallest absolute Gasteiger partial charge is 0.140 e. The van der Waals surface area contributed by atoms with Crippen molar-refractivity contribution < 1.29 is 0 Å². The zero-order chi connectivity index (χ0) is 11.0. The number of rotatable bonds is 1. The van der Waals surface area contributed by atoms with Gasteiger partial charge in [-0.1, -0.05) is 37.3 Å². The van der Waals surface area contributed by atoms with Gasteiger partial charge in [0, 0.05) is 24.0 Å². The van der Waals surface area contributed by atoms with Crippen molar-refractivity contribution in [1.29, 1.82) is 0 Å². The second-order valence-corrected chi connectivity index (χ2v) is 4.69. The molecule has 0 aliphatic carbocycles. The molecule has 2 nitrogen and oxygen atoms in total. The molecule has 1 aliphatic rings. The normalized spacial score (nSPS) is 19.4. The molecule has 82 valence electrons. The van der Waals surface area contributed by atoms with Gasteiger partial charge in [0.25, 0.3) is 0 Å². The van der Waals surface area contributed by atoms with Crippen molar-refractivity contribution >= 4 is 0 Å². The summed E-state index contributed by atoms with van der Waals surface area (Å²) in [4.78, 5) is 4.57. The molecule has 0 saturated carbocycles. The fourth-order valence-electron chi connectivity index (χ4n) is 2.43. The molecule has 1 aromatic carbocycles. The van der Waals surface area contributed by atoms with Crippen LogP contribution < -0.4 is 0 Å². The lowest BCUT2D eigenvalue weighted by atomic mass is 10.00. The third-order valence-corrected chi connectivity index (χ3v) is 3.36. The molecule has 1 aromatic heterocycles. The van der Waals surface area contributed by atoms with Crippen molar-refractivity contribution in [2.75, 3.05) is 0 Å². The van der Waals surface area contributed by atoms with Crippen LogP contribution in [-0.4, -0.2) is 9.55 Å². The van der Waals surface area contributed by atoms with Crippen LogP contribution in [0.2, 0.25) is 0 Å². The van der Waals surface area contributed by atoms with Gasteiger partial charge in [-0.25, -0.2) is 4.98 Å². The van der Waals surface area contributed by atoms with Gasteiger partial charge in [0.1, 0.15) is 5.82 Å². The number of nitrogens with zero attached hydrogens (tertiary/aromatic N) is 2. The van der Waals surface area contributed by atoms with Gasteiger partial charge in [0.05, 0.1) is 0 Å². The zero-order valence-corrected chi connectivity index (χ0v) is 9.56. The summed E-state index contributed by atoms with van der Waals surface area (Å²) in [5.74, 6) is 1.89. The van der Waals surface area contributed by atoms with E-state index >= 15 is 0 Å². The van der Waals surface area contributed by atoms with Gasteiger partial charge >= 0.3 is 0 Å². The van der Waals surface area contributed by atoms with E-state index in [2.05, 4.69) is 40.7 Å².